The number of likely N-dealkylation sites (tertiary alicyclic amines) is 1. The Labute approximate surface area is 180 Å². The molecule has 2 N–H and O–H groups in total. The number of piperidine rings is 1. The number of aryl methyl sites for hydroxylation is 1. The number of nitrogens with one attached hydrogen (secondary N) is 2. The molecule has 0 saturated carbocycles. The largest absolute Gasteiger partial charge is 0.459 e. The Bertz CT molecular complexity index is 901. The molecule has 1 fully saturated rings. The fourth-order valence-electron chi connectivity index (χ4n) is 3.43. The van der Waals surface area contributed by atoms with E-state index in [1.807, 2.05) is 43.0 Å². The average molecular weight is 430 g/mol. The number of rotatable bonds is 6. The molecule has 160 valence electrons. The number of furan rings is 1. The van der Waals surface area contributed by atoms with Crippen molar-refractivity contribution in [1.29, 1.82) is 0 Å². The number of anilines is 1. The summed E-state index contributed by atoms with van der Waals surface area (Å²) in [5.41, 5.74) is 1.55. The topological polar surface area (TPSA) is 91.7 Å². The lowest BCUT2D eigenvalue weighted by Crippen LogP contribution is -2.48. The Hall–Kier alpha value is -2.74. The highest BCUT2D eigenvalue weighted by Gasteiger charge is 2.28. The molecule has 1 aromatic heterocycles. The molecule has 7 nitrogen and oxygen atoms in total. The number of amides is 3. The zero-order valence-electron chi connectivity index (χ0n) is 17.4. The van der Waals surface area contributed by atoms with E-state index in [2.05, 4.69) is 10.6 Å². The fourth-order valence-corrected chi connectivity index (χ4v) is 4.38. The quantitative estimate of drug-likeness (QED) is 0.687. The van der Waals surface area contributed by atoms with Gasteiger partial charge in [-0.05, 0) is 57.0 Å². The third-order valence-electron chi connectivity index (χ3n) is 5.05. The van der Waals surface area contributed by atoms with Crippen molar-refractivity contribution in [3.63, 3.8) is 0 Å². The van der Waals surface area contributed by atoms with Crippen LogP contribution in [0, 0.1) is 6.92 Å². The van der Waals surface area contributed by atoms with Crippen molar-refractivity contribution < 1.29 is 18.8 Å². The first-order chi connectivity index (χ1) is 14.3. The molecular formula is C22H27N3O4S. The van der Waals surface area contributed by atoms with Crippen LogP contribution in [0.25, 0.3) is 0 Å². The lowest BCUT2D eigenvalue weighted by molar-refractivity contribution is -0.131. The standard InChI is InChI=1S/C22H27N3O4S/c1-14-10-13-29-20(14)21(27)24-18-8-11-25(12-9-18)22(28)15(2)30-19-6-4-17(5-7-19)23-16(3)26/h4-7,10,13,15,18H,8-9,11-12H2,1-3H3,(H,23,26)(H,24,27). The van der Waals surface area contributed by atoms with Gasteiger partial charge in [0.2, 0.25) is 11.8 Å². The second-order valence-electron chi connectivity index (χ2n) is 7.47. The highest BCUT2D eigenvalue weighted by atomic mass is 32.2. The van der Waals surface area contributed by atoms with E-state index < -0.39 is 0 Å². The third-order valence-corrected chi connectivity index (χ3v) is 6.14. The van der Waals surface area contributed by atoms with Crippen molar-refractivity contribution in [2.75, 3.05) is 18.4 Å². The predicted molar refractivity (Wildman–Crippen MR) is 117 cm³/mol. The minimum atomic E-state index is -0.214. The van der Waals surface area contributed by atoms with Crippen LogP contribution in [0.15, 0.2) is 45.9 Å². The number of carbonyl (C=O) groups excluding carboxylic acids is 3. The SMILES string of the molecule is CC(=O)Nc1ccc(SC(C)C(=O)N2CCC(NC(=O)c3occc3C)CC2)cc1. The van der Waals surface area contributed by atoms with Crippen molar-refractivity contribution in [2.45, 2.75) is 49.8 Å². The zero-order valence-corrected chi connectivity index (χ0v) is 18.3. The van der Waals surface area contributed by atoms with Gasteiger partial charge in [0.1, 0.15) is 0 Å². The van der Waals surface area contributed by atoms with Gasteiger partial charge in [-0.3, -0.25) is 14.4 Å². The highest BCUT2D eigenvalue weighted by molar-refractivity contribution is 8.00. The van der Waals surface area contributed by atoms with Crippen molar-refractivity contribution in [3.8, 4) is 0 Å². The van der Waals surface area contributed by atoms with Gasteiger partial charge in [0.25, 0.3) is 5.91 Å². The molecule has 0 spiro atoms. The van der Waals surface area contributed by atoms with E-state index in [1.54, 1.807) is 6.07 Å². The van der Waals surface area contributed by atoms with Crippen molar-refractivity contribution in [1.82, 2.24) is 10.2 Å². The third kappa shape index (κ3) is 5.66. The number of thioether (sulfide) groups is 1. The fraction of sp³-hybridized carbons (Fsp3) is 0.409. The first kappa shape index (κ1) is 22.0. The Kier molecular flexibility index (Phi) is 7.20. The first-order valence-corrected chi connectivity index (χ1v) is 10.9. The van der Waals surface area contributed by atoms with Crippen LogP contribution in [0.3, 0.4) is 0 Å². The van der Waals surface area contributed by atoms with Crippen LogP contribution < -0.4 is 10.6 Å². The number of hydrogen-bond acceptors (Lipinski definition) is 5. The smallest absolute Gasteiger partial charge is 0.287 e. The predicted octanol–water partition coefficient (Wildman–Crippen LogP) is 3.45. The van der Waals surface area contributed by atoms with E-state index in [-0.39, 0.29) is 29.0 Å². The van der Waals surface area contributed by atoms with Crippen molar-refractivity contribution in [2.24, 2.45) is 0 Å². The van der Waals surface area contributed by atoms with Crippen LogP contribution in [0.5, 0.6) is 0 Å². The van der Waals surface area contributed by atoms with Gasteiger partial charge in [0.05, 0.1) is 11.5 Å². The summed E-state index contributed by atoms with van der Waals surface area (Å²) < 4.78 is 5.24. The summed E-state index contributed by atoms with van der Waals surface area (Å²) in [5.74, 6) is 0.132. The molecule has 30 heavy (non-hydrogen) atoms. The molecule has 1 aromatic carbocycles. The minimum Gasteiger partial charge on any atom is -0.459 e. The van der Waals surface area contributed by atoms with Crippen LogP contribution in [0.4, 0.5) is 5.69 Å². The second kappa shape index (κ2) is 9.84. The van der Waals surface area contributed by atoms with Gasteiger partial charge in [-0.15, -0.1) is 11.8 Å². The molecule has 1 aliphatic rings. The summed E-state index contributed by atoms with van der Waals surface area (Å²) in [4.78, 5) is 39.1. The summed E-state index contributed by atoms with van der Waals surface area (Å²) in [6.45, 7) is 6.45. The monoisotopic (exact) mass is 429 g/mol. The molecule has 3 amide bonds. The van der Waals surface area contributed by atoms with Crippen LogP contribution in [0.1, 0.15) is 42.8 Å². The summed E-state index contributed by atoms with van der Waals surface area (Å²) in [7, 11) is 0. The highest BCUT2D eigenvalue weighted by Crippen LogP contribution is 2.27. The van der Waals surface area contributed by atoms with Crippen LogP contribution >= 0.6 is 11.8 Å². The maximum Gasteiger partial charge on any atom is 0.287 e. The van der Waals surface area contributed by atoms with Crippen LogP contribution in [-0.4, -0.2) is 47.0 Å². The van der Waals surface area contributed by atoms with Gasteiger partial charge < -0.3 is 20.0 Å². The van der Waals surface area contributed by atoms with E-state index in [1.165, 1.54) is 24.9 Å². The number of benzene rings is 1. The van der Waals surface area contributed by atoms with Crippen LogP contribution in [-0.2, 0) is 9.59 Å². The molecule has 0 aliphatic carbocycles. The Balaban J connectivity index is 1.46. The maximum absolute atomic E-state index is 12.8. The van der Waals surface area contributed by atoms with Gasteiger partial charge >= 0.3 is 0 Å². The second-order valence-corrected chi connectivity index (χ2v) is 8.89. The number of nitrogens with zero attached hydrogens (tertiary/aromatic N) is 1. The Morgan fingerprint density at radius 1 is 1.13 bits per heavy atom. The maximum atomic E-state index is 12.8. The molecule has 8 heteroatoms. The Morgan fingerprint density at radius 3 is 2.37 bits per heavy atom. The lowest BCUT2D eigenvalue weighted by Gasteiger charge is -2.33. The summed E-state index contributed by atoms with van der Waals surface area (Å²) in [6, 6.07) is 9.26. The van der Waals surface area contributed by atoms with Crippen LogP contribution in [0.2, 0.25) is 0 Å². The summed E-state index contributed by atoms with van der Waals surface area (Å²) in [5, 5.41) is 5.52. The molecule has 0 bridgehead atoms. The Morgan fingerprint density at radius 2 is 1.80 bits per heavy atom. The minimum absolute atomic E-state index is 0.0373. The summed E-state index contributed by atoms with van der Waals surface area (Å²) >= 11 is 1.50. The molecule has 2 heterocycles. The lowest BCUT2D eigenvalue weighted by atomic mass is 10.0. The van der Waals surface area contributed by atoms with E-state index in [0.29, 0.717) is 18.8 Å². The van der Waals surface area contributed by atoms with E-state index in [4.69, 9.17) is 4.42 Å². The van der Waals surface area contributed by atoms with Crippen molar-refractivity contribution >= 4 is 35.2 Å². The van der Waals surface area contributed by atoms with Gasteiger partial charge in [-0.1, -0.05) is 0 Å². The molecule has 0 radical (unpaired) electrons. The molecule has 1 aliphatic heterocycles. The molecule has 1 unspecified atom stereocenters. The van der Waals surface area contributed by atoms with Crippen molar-refractivity contribution in [3.05, 3.63) is 47.9 Å². The summed E-state index contributed by atoms with van der Waals surface area (Å²) in [6.07, 6.45) is 2.96. The van der Waals surface area contributed by atoms with E-state index in [0.717, 1.165) is 29.0 Å². The normalized spacial score (nSPS) is 15.5. The van der Waals surface area contributed by atoms with Gasteiger partial charge in [0, 0.05) is 42.2 Å². The average Bonchev–Trinajstić information content (AvgIpc) is 3.15. The molecular weight excluding hydrogens is 402 g/mol. The number of carbonyl (C=O) groups is 3. The van der Waals surface area contributed by atoms with Gasteiger partial charge in [0.15, 0.2) is 5.76 Å². The van der Waals surface area contributed by atoms with E-state index >= 15 is 0 Å². The molecule has 2 aromatic rings. The first-order valence-electron chi connectivity index (χ1n) is 10.0. The molecule has 1 saturated heterocycles. The molecule has 3 rings (SSSR count). The van der Waals surface area contributed by atoms with Gasteiger partial charge in [-0.2, -0.15) is 0 Å². The van der Waals surface area contributed by atoms with Gasteiger partial charge in [-0.25, -0.2) is 0 Å². The zero-order chi connectivity index (χ0) is 21.7. The number of hydrogen-bond donors (Lipinski definition) is 2. The van der Waals surface area contributed by atoms with E-state index in [9.17, 15) is 14.4 Å². The molecule has 1 atom stereocenters.